The molecule has 0 spiro atoms. The molecule has 0 aliphatic carbocycles. The Balaban J connectivity index is 3.17. The SMILES string of the molecule is Cc1cc[n+]([O-])c(S)c1. The van der Waals surface area contributed by atoms with Crippen molar-refractivity contribution in [2.45, 2.75) is 11.9 Å². The summed E-state index contributed by atoms with van der Waals surface area (Å²) >= 11 is 3.92. The average molecular weight is 141 g/mol. The van der Waals surface area contributed by atoms with E-state index in [0.29, 0.717) is 5.03 Å². The molecule has 0 aliphatic heterocycles. The molecule has 48 valence electrons. The van der Waals surface area contributed by atoms with E-state index in [0.717, 1.165) is 10.3 Å². The molecule has 2 nitrogen and oxygen atoms in total. The molecule has 0 fully saturated rings. The van der Waals surface area contributed by atoms with Crippen LogP contribution in [0.5, 0.6) is 0 Å². The summed E-state index contributed by atoms with van der Waals surface area (Å²) in [5.41, 5.74) is 1.05. The minimum Gasteiger partial charge on any atom is -0.618 e. The van der Waals surface area contributed by atoms with Gasteiger partial charge < -0.3 is 5.21 Å². The molecule has 1 rings (SSSR count). The fourth-order valence-electron chi connectivity index (χ4n) is 0.577. The van der Waals surface area contributed by atoms with Gasteiger partial charge in [-0.25, -0.2) is 0 Å². The molecule has 1 heterocycles. The van der Waals surface area contributed by atoms with Crippen LogP contribution in [0.15, 0.2) is 23.4 Å². The number of hydrogen-bond donors (Lipinski definition) is 1. The highest BCUT2D eigenvalue weighted by atomic mass is 32.1. The van der Waals surface area contributed by atoms with Gasteiger partial charge in [0.15, 0.2) is 6.20 Å². The number of thiol groups is 1. The van der Waals surface area contributed by atoms with Crippen molar-refractivity contribution in [1.29, 1.82) is 0 Å². The van der Waals surface area contributed by atoms with Crippen molar-refractivity contribution >= 4 is 12.6 Å². The molecule has 0 saturated heterocycles. The van der Waals surface area contributed by atoms with Gasteiger partial charge in [-0.15, -0.1) is 0 Å². The molecular formula is C6H7NOS. The molecule has 1 aromatic heterocycles. The van der Waals surface area contributed by atoms with Gasteiger partial charge in [-0.05, 0) is 12.5 Å². The maximum absolute atomic E-state index is 10.6. The van der Waals surface area contributed by atoms with Crippen LogP contribution in [0, 0.1) is 12.1 Å². The summed E-state index contributed by atoms with van der Waals surface area (Å²) in [4.78, 5) is 0. The number of aromatic nitrogens is 1. The summed E-state index contributed by atoms with van der Waals surface area (Å²) < 4.78 is 0.718. The minimum absolute atomic E-state index is 0.440. The van der Waals surface area contributed by atoms with Crippen LogP contribution in [-0.2, 0) is 0 Å². The Morgan fingerprint density at radius 3 is 2.78 bits per heavy atom. The van der Waals surface area contributed by atoms with Gasteiger partial charge in [-0.2, -0.15) is 4.73 Å². The van der Waals surface area contributed by atoms with E-state index in [4.69, 9.17) is 0 Å². The predicted molar refractivity (Wildman–Crippen MR) is 37.4 cm³/mol. The Labute approximate surface area is 59.1 Å². The average Bonchev–Trinajstić information content (AvgIpc) is 1.80. The van der Waals surface area contributed by atoms with Gasteiger partial charge in [0, 0.05) is 12.1 Å². The van der Waals surface area contributed by atoms with E-state index in [-0.39, 0.29) is 0 Å². The van der Waals surface area contributed by atoms with Crippen molar-refractivity contribution in [2.75, 3.05) is 0 Å². The van der Waals surface area contributed by atoms with Crippen molar-refractivity contribution < 1.29 is 4.73 Å². The first-order valence-corrected chi connectivity index (χ1v) is 3.03. The van der Waals surface area contributed by atoms with Crippen LogP contribution in [0.25, 0.3) is 0 Å². The topological polar surface area (TPSA) is 26.9 Å². The highest BCUT2D eigenvalue weighted by Crippen LogP contribution is 2.00. The Hall–Kier alpha value is -0.700. The molecule has 0 atom stereocenters. The lowest BCUT2D eigenvalue weighted by molar-refractivity contribution is -0.645. The van der Waals surface area contributed by atoms with Gasteiger partial charge in [-0.3, -0.25) is 0 Å². The van der Waals surface area contributed by atoms with Crippen LogP contribution >= 0.6 is 12.6 Å². The van der Waals surface area contributed by atoms with Gasteiger partial charge in [0.05, 0.1) is 0 Å². The number of nitrogens with zero attached hydrogens (tertiary/aromatic N) is 1. The molecule has 0 saturated carbocycles. The zero-order valence-electron chi connectivity index (χ0n) is 5.03. The van der Waals surface area contributed by atoms with Gasteiger partial charge >= 0.3 is 0 Å². The van der Waals surface area contributed by atoms with E-state index in [1.54, 1.807) is 12.1 Å². The lowest BCUT2D eigenvalue weighted by atomic mass is 10.3. The molecule has 1 aromatic rings. The molecule has 0 aliphatic rings. The van der Waals surface area contributed by atoms with E-state index in [9.17, 15) is 5.21 Å². The van der Waals surface area contributed by atoms with Crippen molar-refractivity contribution in [3.05, 3.63) is 29.1 Å². The van der Waals surface area contributed by atoms with Gasteiger partial charge in [-0.1, -0.05) is 12.6 Å². The highest BCUT2D eigenvalue weighted by molar-refractivity contribution is 7.80. The van der Waals surface area contributed by atoms with E-state index in [2.05, 4.69) is 12.6 Å². The maximum atomic E-state index is 10.6. The Bertz CT molecular complexity index is 224. The van der Waals surface area contributed by atoms with Crippen molar-refractivity contribution in [3.63, 3.8) is 0 Å². The maximum Gasteiger partial charge on any atom is 0.248 e. The fourth-order valence-corrected chi connectivity index (χ4v) is 0.847. The third kappa shape index (κ3) is 1.36. The number of rotatable bonds is 0. The molecule has 0 unspecified atom stereocenters. The van der Waals surface area contributed by atoms with Gasteiger partial charge in [0.1, 0.15) is 0 Å². The second-order valence-corrected chi connectivity index (χ2v) is 2.35. The minimum atomic E-state index is 0.440. The quantitative estimate of drug-likeness (QED) is 0.324. The first-order chi connectivity index (χ1) is 4.20. The molecule has 9 heavy (non-hydrogen) atoms. The van der Waals surface area contributed by atoms with E-state index < -0.39 is 0 Å². The van der Waals surface area contributed by atoms with Crippen LogP contribution in [0.4, 0.5) is 0 Å². The largest absolute Gasteiger partial charge is 0.618 e. The van der Waals surface area contributed by atoms with Crippen LogP contribution in [0.1, 0.15) is 5.56 Å². The number of aryl methyl sites for hydroxylation is 1. The molecule has 0 radical (unpaired) electrons. The van der Waals surface area contributed by atoms with Gasteiger partial charge in [0.25, 0.3) is 0 Å². The second-order valence-electron chi connectivity index (χ2n) is 1.89. The summed E-state index contributed by atoms with van der Waals surface area (Å²) in [6.07, 6.45) is 1.44. The smallest absolute Gasteiger partial charge is 0.248 e. The molecule has 0 bridgehead atoms. The van der Waals surface area contributed by atoms with Crippen molar-refractivity contribution in [2.24, 2.45) is 0 Å². The fraction of sp³-hybridized carbons (Fsp3) is 0.167. The predicted octanol–water partition coefficient (Wildman–Crippen LogP) is 0.917. The zero-order chi connectivity index (χ0) is 6.85. The molecular weight excluding hydrogens is 134 g/mol. The molecule has 0 amide bonds. The Morgan fingerprint density at radius 2 is 2.33 bits per heavy atom. The summed E-state index contributed by atoms with van der Waals surface area (Å²) in [5, 5.41) is 11.1. The molecule has 0 N–H and O–H groups in total. The lowest BCUT2D eigenvalue weighted by Gasteiger charge is -1.97. The second kappa shape index (κ2) is 2.27. The number of hydrogen-bond acceptors (Lipinski definition) is 2. The van der Waals surface area contributed by atoms with Crippen molar-refractivity contribution in [3.8, 4) is 0 Å². The van der Waals surface area contributed by atoms with Crippen molar-refractivity contribution in [1.82, 2.24) is 0 Å². The van der Waals surface area contributed by atoms with Crippen LogP contribution in [-0.4, -0.2) is 0 Å². The zero-order valence-corrected chi connectivity index (χ0v) is 5.93. The van der Waals surface area contributed by atoms with E-state index in [1.165, 1.54) is 6.20 Å². The highest BCUT2D eigenvalue weighted by Gasteiger charge is 1.95. The summed E-state index contributed by atoms with van der Waals surface area (Å²) in [7, 11) is 0. The Morgan fingerprint density at radius 1 is 1.67 bits per heavy atom. The van der Waals surface area contributed by atoms with Crippen LogP contribution in [0.3, 0.4) is 0 Å². The Kier molecular flexibility index (Phi) is 1.62. The van der Waals surface area contributed by atoms with E-state index >= 15 is 0 Å². The van der Waals surface area contributed by atoms with Crippen LogP contribution in [0.2, 0.25) is 0 Å². The first-order valence-electron chi connectivity index (χ1n) is 2.59. The summed E-state index contributed by atoms with van der Waals surface area (Å²) in [6, 6.07) is 3.46. The normalized spacial score (nSPS) is 9.56. The van der Waals surface area contributed by atoms with Crippen LogP contribution < -0.4 is 4.73 Å². The summed E-state index contributed by atoms with van der Waals surface area (Å²) in [6.45, 7) is 1.92. The third-order valence-electron chi connectivity index (χ3n) is 1.06. The van der Waals surface area contributed by atoms with E-state index in [1.807, 2.05) is 6.92 Å². The summed E-state index contributed by atoms with van der Waals surface area (Å²) in [5.74, 6) is 0. The monoisotopic (exact) mass is 141 g/mol. The lowest BCUT2D eigenvalue weighted by Crippen LogP contribution is -2.26. The molecule has 3 heteroatoms. The number of pyridine rings is 1. The van der Waals surface area contributed by atoms with Gasteiger partial charge in [0.2, 0.25) is 5.03 Å². The third-order valence-corrected chi connectivity index (χ3v) is 1.38. The first kappa shape index (κ1) is 6.42. The molecule has 0 aromatic carbocycles. The standard InChI is InChI=1S/C6H7NOS/c1-5-2-3-7(8)6(9)4-5/h2-4,9H,1H3.